The van der Waals surface area contributed by atoms with Crippen LogP contribution in [0.25, 0.3) is 0 Å². The maximum absolute atomic E-state index is 13.5. The van der Waals surface area contributed by atoms with Crippen LogP contribution in [0, 0.1) is 11.6 Å². The Hall–Kier alpha value is -2.19. The van der Waals surface area contributed by atoms with Crippen molar-refractivity contribution < 1.29 is 26.7 Å². The second-order valence-electron chi connectivity index (χ2n) is 6.06. The summed E-state index contributed by atoms with van der Waals surface area (Å²) < 4.78 is 64.8. The first kappa shape index (κ1) is 18.6. The van der Waals surface area contributed by atoms with Crippen LogP contribution in [-0.4, -0.2) is 33.0 Å². The summed E-state index contributed by atoms with van der Waals surface area (Å²) in [6.07, 6.45) is 1.40. The molecule has 3 rings (SSSR count). The van der Waals surface area contributed by atoms with Gasteiger partial charge in [0, 0.05) is 24.2 Å². The summed E-state index contributed by atoms with van der Waals surface area (Å²) in [6.45, 7) is 0.0194. The summed E-state index contributed by atoms with van der Waals surface area (Å²) in [4.78, 5) is -0.399. The second-order valence-corrected chi connectivity index (χ2v) is 7.95. The molecule has 0 heterocycles. The van der Waals surface area contributed by atoms with Gasteiger partial charge in [-0.3, -0.25) is 0 Å². The van der Waals surface area contributed by atoms with Crippen LogP contribution in [0.5, 0.6) is 11.5 Å². The highest BCUT2D eigenvalue weighted by molar-refractivity contribution is 7.89. The van der Waals surface area contributed by atoms with Crippen molar-refractivity contribution in [2.75, 3.05) is 14.2 Å². The molecule has 1 aliphatic rings. The number of rotatable bonds is 7. The predicted molar refractivity (Wildman–Crippen MR) is 91.7 cm³/mol. The van der Waals surface area contributed by atoms with E-state index in [1.807, 2.05) is 0 Å². The van der Waals surface area contributed by atoms with Gasteiger partial charge in [0.1, 0.15) is 23.1 Å². The van der Waals surface area contributed by atoms with Crippen LogP contribution in [0.3, 0.4) is 0 Å². The number of methoxy groups -OCH3 is 2. The van der Waals surface area contributed by atoms with Crippen molar-refractivity contribution in [3.8, 4) is 11.5 Å². The molecule has 8 heteroatoms. The summed E-state index contributed by atoms with van der Waals surface area (Å²) in [5, 5.41) is 0. The standard InChI is InChI=1S/C18H19F2NO4S/c1-24-16-5-6-18(25-2)12(7-16)11-21(15-3-4-15)26(22,23)17-9-13(19)8-14(20)10-17/h5-10,15H,3-4,11H2,1-2H3. The maximum atomic E-state index is 13.5. The van der Waals surface area contributed by atoms with Crippen LogP contribution in [-0.2, 0) is 16.6 Å². The van der Waals surface area contributed by atoms with E-state index in [4.69, 9.17) is 9.47 Å². The Labute approximate surface area is 151 Å². The van der Waals surface area contributed by atoms with Gasteiger partial charge in [-0.05, 0) is 43.2 Å². The number of hydrogen-bond donors (Lipinski definition) is 0. The lowest BCUT2D eigenvalue weighted by Crippen LogP contribution is -2.33. The van der Waals surface area contributed by atoms with Gasteiger partial charge in [-0.15, -0.1) is 0 Å². The van der Waals surface area contributed by atoms with Crippen LogP contribution < -0.4 is 9.47 Å². The Kier molecular flexibility index (Phi) is 5.15. The highest BCUT2D eigenvalue weighted by atomic mass is 32.2. The quantitative estimate of drug-likeness (QED) is 0.736. The lowest BCUT2D eigenvalue weighted by Gasteiger charge is -2.23. The lowest BCUT2D eigenvalue weighted by molar-refractivity contribution is 0.369. The molecule has 140 valence electrons. The minimum Gasteiger partial charge on any atom is -0.497 e. The molecular weight excluding hydrogens is 364 g/mol. The fourth-order valence-electron chi connectivity index (χ4n) is 2.76. The molecular formula is C18H19F2NO4S. The van der Waals surface area contributed by atoms with Crippen molar-refractivity contribution in [2.45, 2.75) is 30.3 Å². The molecule has 2 aromatic rings. The summed E-state index contributed by atoms with van der Waals surface area (Å²) in [5.74, 6) is -0.792. The molecule has 1 fully saturated rings. The Morgan fingerprint density at radius 1 is 1.04 bits per heavy atom. The van der Waals surface area contributed by atoms with Crippen molar-refractivity contribution in [3.63, 3.8) is 0 Å². The minimum absolute atomic E-state index is 0.0194. The smallest absolute Gasteiger partial charge is 0.243 e. The van der Waals surface area contributed by atoms with Gasteiger partial charge in [-0.1, -0.05) is 0 Å². The van der Waals surface area contributed by atoms with Crippen molar-refractivity contribution in [3.05, 3.63) is 53.6 Å². The third-order valence-electron chi connectivity index (χ3n) is 4.21. The molecule has 0 atom stereocenters. The largest absolute Gasteiger partial charge is 0.497 e. The van der Waals surface area contributed by atoms with Gasteiger partial charge in [-0.25, -0.2) is 17.2 Å². The Morgan fingerprint density at radius 3 is 2.23 bits per heavy atom. The molecule has 0 bridgehead atoms. The van der Waals surface area contributed by atoms with Crippen LogP contribution in [0.2, 0.25) is 0 Å². The van der Waals surface area contributed by atoms with Gasteiger partial charge in [0.15, 0.2) is 0 Å². The average Bonchev–Trinajstić information content (AvgIpc) is 3.43. The zero-order valence-corrected chi connectivity index (χ0v) is 15.2. The van der Waals surface area contributed by atoms with Crippen LogP contribution in [0.15, 0.2) is 41.3 Å². The molecule has 0 saturated heterocycles. The first-order valence-electron chi connectivity index (χ1n) is 8.04. The molecule has 26 heavy (non-hydrogen) atoms. The van der Waals surface area contributed by atoms with Crippen molar-refractivity contribution in [1.29, 1.82) is 0 Å². The monoisotopic (exact) mass is 383 g/mol. The third kappa shape index (κ3) is 3.81. The Bertz CT molecular complexity index is 893. The van der Waals surface area contributed by atoms with E-state index < -0.39 is 26.6 Å². The molecule has 5 nitrogen and oxygen atoms in total. The van der Waals surface area contributed by atoms with Gasteiger partial charge >= 0.3 is 0 Å². The normalized spacial score (nSPS) is 14.5. The molecule has 0 unspecified atom stereocenters. The van der Waals surface area contributed by atoms with E-state index in [0.717, 1.165) is 12.1 Å². The predicted octanol–water partition coefficient (Wildman–Crippen LogP) is 3.34. The van der Waals surface area contributed by atoms with E-state index in [0.29, 0.717) is 36.0 Å². The summed E-state index contributed by atoms with van der Waals surface area (Å²) >= 11 is 0. The van der Waals surface area contributed by atoms with E-state index in [1.54, 1.807) is 18.2 Å². The van der Waals surface area contributed by atoms with Crippen LogP contribution >= 0.6 is 0 Å². The zero-order chi connectivity index (χ0) is 18.9. The second kappa shape index (κ2) is 7.20. The number of ether oxygens (including phenoxy) is 2. The van der Waals surface area contributed by atoms with Gasteiger partial charge in [-0.2, -0.15) is 4.31 Å². The van der Waals surface area contributed by atoms with E-state index in [2.05, 4.69) is 0 Å². The van der Waals surface area contributed by atoms with E-state index in [1.165, 1.54) is 18.5 Å². The Morgan fingerprint density at radius 2 is 1.69 bits per heavy atom. The maximum Gasteiger partial charge on any atom is 0.243 e. The van der Waals surface area contributed by atoms with Gasteiger partial charge in [0.25, 0.3) is 0 Å². The number of halogens is 2. The minimum atomic E-state index is -4.07. The highest BCUT2D eigenvalue weighted by Crippen LogP contribution is 2.36. The summed E-state index contributed by atoms with van der Waals surface area (Å²) in [6, 6.07) is 7.19. The van der Waals surface area contributed by atoms with Gasteiger partial charge in [0.05, 0.1) is 19.1 Å². The fourth-order valence-corrected chi connectivity index (χ4v) is 4.47. The summed E-state index contributed by atoms with van der Waals surface area (Å²) in [5.41, 5.74) is 0.610. The molecule has 1 saturated carbocycles. The number of hydrogen-bond acceptors (Lipinski definition) is 4. The first-order valence-corrected chi connectivity index (χ1v) is 9.48. The third-order valence-corrected chi connectivity index (χ3v) is 6.09. The van der Waals surface area contributed by atoms with Crippen molar-refractivity contribution in [2.24, 2.45) is 0 Å². The van der Waals surface area contributed by atoms with Crippen molar-refractivity contribution in [1.82, 2.24) is 4.31 Å². The highest BCUT2D eigenvalue weighted by Gasteiger charge is 2.39. The molecule has 0 radical (unpaired) electrons. The van der Waals surface area contributed by atoms with E-state index in [-0.39, 0.29) is 12.6 Å². The van der Waals surface area contributed by atoms with Crippen LogP contribution in [0.4, 0.5) is 8.78 Å². The number of nitrogens with zero attached hydrogens (tertiary/aromatic N) is 1. The first-order chi connectivity index (χ1) is 12.3. The molecule has 1 aliphatic carbocycles. The van der Waals surface area contributed by atoms with Gasteiger partial charge in [0.2, 0.25) is 10.0 Å². The molecule has 0 N–H and O–H groups in total. The molecule has 0 aromatic heterocycles. The van der Waals surface area contributed by atoms with Gasteiger partial charge < -0.3 is 9.47 Å². The van der Waals surface area contributed by atoms with E-state index in [9.17, 15) is 17.2 Å². The molecule has 0 amide bonds. The lowest BCUT2D eigenvalue weighted by atomic mass is 10.2. The summed E-state index contributed by atoms with van der Waals surface area (Å²) in [7, 11) is -1.07. The van der Waals surface area contributed by atoms with Crippen molar-refractivity contribution >= 4 is 10.0 Å². The average molecular weight is 383 g/mol. The molecule has 0 spiro atoms. The number of sulfonamides is 1. The number of benzene rings is 2. The van der Waals surface area contributed by atoms with Crippen LogP contribution in [0.1, 0.15) is 18.4 Å². The zero-order valence-electron chi connectivity index (χ0n) is 14.4. The molecule has 2 aromatic carbocycles. The van der Waals surface area contributed by atoms with E-state index >= 15 is 0 Å². The fraction of sp³-hybridized carbons (Fsp3) is 0.333. The topological polar surface area (TPSA) is 55.8 Å². The molecule has 0 aliphatic heterocycles. The SMILES string of the molecule is COc1ccc(OC)c(CN(C2CC2)S(=O)(=O)c2cc(F)cc(F)c2)c1. The Balaban J connectivity index is 2.00.